The van der Waals surface area contributed by atoms with Gasteiger partial charge in [-0.25, -0.2) is 0 Å². The summed E-state index contributed by atoms with van der Waals surface area (Å²) in [5, 5.41) is 0. The Morgan fingerprint density at radius 3 is 2.12 bits per heavy atom. The van der Waals surface area contributed by atoms with Crippen molar-refractivity contribution in [3.8, 4) is 0 Å². The minimum absolute atomic E-state index is 0.170. The molecule has 0 atom stereocenters. The molecule has 49 valence electrons. The highest BCUT2D eigenvalue weighted by Crippen LogP contribution is 1.90. The van der Waals surface area contributed by atoms with Crippen LogP contribution in [0.2, 0.25) is 0 Å². The van der Waals surface area contributed by atoms with Crippen molar-refractivity contribution in [2.45, 2.75) is 12.8 Å². The van der Waals surface area contributed by atoms with Gasteiger partial charge < -0.3 is 0 Å². The third-order valence-electron chi connectivity index (χ3n) is 0.652. The van der Waals surface area contributed by atoms with Gasteiger partial charge in [-0.2, -0.15) is 8.42 Å². The van der Waals surface area contributed by atoms with Crippen molar-refractivity contribution in [1.29, 1.82) is 0 Å². The van der Waals surface area contributed by atoms with E-state index in [1.54, 1.807) is 0 Å². The lowest BCUT2D eigenvalue weighted by atomic mass is 10.4. The van der Waals surface area contributed by atoms with Crippen molar-refractivity contribution in [2.24, 2.45) is 0 Å². The van der Waals surface area contributed by atoms with Crippen molar-refractivity contribution in [3.63, 3.8) is 0 Å². The molecular weight excluding hydrogens is 128 g/mol. The second-order valence-corrected chi connectivity index (χ2v) is 3.07. The van der Waals surface area contributed by atoms with E-state index in [0.717, 1.165) is 0 Å². The molecule has 3 nitrogen and oxygen atoms in total. The summed E-state index contributed by atoms with van der Waals surface area (Å²) >= 11 is 0. The molecule has 0 aromatic heterocycles. The van der Waals surface area contributed by atoms with Crippen LogP contribution >= 0.6 is 0 Å². The standard InChI is InChI=1S/C4H9O3S/c1-2-3-4-8(5,6)7/h1-4H2,(H,5,6,7). The van der Waals surface area contributed by atoms with Crippen LogP contribution in [-0.2, 0) is 10.1 Å². The first-order valence-electron chi connectivity index (χ1n) is 2.30. The van der Waals surface area contributed by atoms with Crippen LogP contribution in [0.15, 0.2) is 0 Å². The molecule has 0 aliphatic rings. The van der Waals surface area contributed by atoms with E-state index in [1.807, 2.05) is 0 Å². The molecule has 0 bridgehead atoms. The lowest BCUT2D eigenvalue weighted by Gasteiger charge is -1.89. The molecule has 0 saturated heterocycles. The van der Waals surface area contributed by atoms with Crippen molar-refractivity contribution >= 4 is 10.1 Å². The summed E-state index contributed by atoms with van der Waals surface area (Å²) in [5.41, 5.74) is 0. The van der Waals surface area contributed by atoms with E-state index in [-0.39, 0.29) is 5.75 Å². The van der Waals surface area contributed by atoms with Gasteiger partial charge >= 0.3 is 0 Å². The van der Waals surface area contributed by atoms with E-state index in [2.05, 4.69) is 6.92 Å². The van der Waals surface area contributed by atoms with Crippen LogP contribution < -0.4 is 0 Å². The van der Waals surface area contributed by atoms with Crippen LogP contribution in [0.3, 0.4) is 0 Å². The normalized spacial score (nSPS) is 11.8. The van der Waals surface area contributed by atoms with Gasteiger partial charge in [0.2, 0.25) is 0 Å². The summed E-state index contributed by atoms with van der Waals surface area (Å²) in [4.78, 5) is 0. The molecule has 0 heterocycles. The molecule has 0 unspecified atom stereocenters. The fourth-order valence-electron chi connectivity index (χ4n) is 0.284. The topological polar surface area (TPSA) is 54.4 Å². The first-order valence-corrected chi connectivity index (χ1v) is 3.91. The van der Waals surface area contributed by atoms with E-state index in [4.69, 9.17) is 4.55 Å². The van der Waals surface area contributed by atoms with Gasteiger partial charge in [-0.05, 0) is 6.42 Å². The van der Waals surface area contributed by atoms with Gasteiger partial charge in [-0.3, -0.25) is 4.55 Å². The van der Waals surface area contributed by atoms with Crippen LogP contribution in [0.4, 0.5) is 0 Å². The zero-order chi connectivity index (χ0) is 6.62. The second-order valence-electron chi connectivity index (χ2n) is 1.49. The van der Waals surface area contributed by atoms with Gasteiger partial charge in [0.25, 0.3) is 10.1 Å². The number of hydrogen-bond acceptors (Lipinski definition) is 2. The first-order chi connectivity index (χ1) is 3.56. The Kier molecular flexibility index (Phi) is 3.01. The zero-order valence-electron chi connectivity index (χ0n) is 4.50. The Hall–Kier alpha value is -0.0900. The van der Waals surface area contributed by atoms with Gasteiger partial charge in [-0.1, -0.05) is 13.3 Å². The quantitative estimate of drug-likeness (QED) is 0.576. The molecule has 8 heavy (non-hydrogen) atoms. The summed E-state index contributed by atoms with van der Waals surface area (Å²) in [5.74, 6) is -0.170. The summed E-state index contributed by atoms with van der Waals surface area (Å²) < 4.78 is 27.9. The molecule has 0 aromatic carbocycles. The fraction of sp³-hybridized carbons (Fsp3) is 0.750. The molecule has 0 amide bonds. The van der Waals surface area contributed by atoms with Crippen LogP contribution in [0.25, 0.3) is 0 Å². The zero-order valence-corrected chi connectivity index (χ0v) is 5.32. The third-order valence-corrected chi connectivity index (χ3v) is 1.46. The maximum atomic E-state index is 9.92. The fourth-order valence-corrected chi connectivity index (χ4v) is 0.853. The monoisotopic (exact) mass is 137 g/mol. The maximum Gasteiger partial charge on any atom is 0.264 e. The van der Waals surface area contributed by atoms with Crippen LogP contribution in [0.5, 0.6) is 0 Å². The van der Waals surface area contributed by atoms with Gasteiger partial charge in [0.05, 0.1) is 5.75 Å². The highest BCUT2D eigenvalue weighted by Gasteiger charge is 2.00. The Balaban J connectivity index is 3.42. The average molecular weight is 137 g/mol. The van der Waals surface area contributed by atoms with Gasteiger partial charge in [0.1, 0.15) is 0 Å². The molecular formula is C4H9O3S. The molecule has 1 radical (unpaired) electrons. The minimum Gasteiger partial charge on any atom is -0.286 e. The van der Waals surface area contributed by atoms with Crippen LogP contribution in [0.1, 0.15) is 12.8 Å². The Bertz CT molecular complexity index is 135. The molecule has 0 saturated carbocycles. The lowest BCUT2D eigenvalue weighted by Crippen LogP contribution is -2.02. The second kappa shape index (κ2) is 3.04. The van der Waals surface area contributed by atoms with E-state index in [1.165, 1.54) is 0 Å². The predicted octanol–water partition coefficient (Wildman–Crippen LogP) is 0.488. The predicted molar refractivity (Wildman–Crippen MR) is 31.0 cm³/mol. The molecule has 0 rings (SSSR count). The van der Waals surface area contributed by atoms with Crippen molar-refractivity contribution in [2.75, 3.05) is 5.75 Å². The Labute approximate surface area is 49.5 Å². The van der Waals surface area contributed by atoms with E-state index >= 15 is 0 Å². The van der Waals surface area contributed by atoms with E-state index in [0.29, 0.717) is 12.8 Å². The number of hydrogen-bond donors (Lipinski definition) is 1. The summed E-state index contributed by atoms with van der Waals surface area (Å²) in [6, 6.07) is 0. The minimum atomic E-state index is -3.73. The van der Waals surface area contributed by atoms with Crippen molar-refractivity contribution in [3.05, 3.63) is 6.92 Å². The highest BCUT2D eigenvalue weighted by atomic mass is 32.2. The van der Waals surface area contributed by atoms with Gasteiger partial charge in [0, 0.05) is 0 Å². The Morgan fingerprint density at radius 2 is 2.00 bits per heavy atom. The number of rotatable bonds is 3. The molecule has 0 aliphatic heterocycles. The van der Waals surface area contributed by atoms with Gasteiger partial charge in [-0.15, -0.1) is 0 Å². The highest BCUT2D eigenvalue weighted by molar-refractivity contribution is 7.85. The van der Waals surface area contributed by atoms with Gasteiger partial charge in [0.15, 0.2) is 0 Å². The maximum absolute atomic E-state index is 9.92. The Morgan fingerprint density at radius 1 is 1.50 bits per heavy atom. The molecule has 1 N–H and O–H groups in total. The van der Waals surface area contributed by atoms with E-state index < -0.39 is 10.1 Å². The lowest BCUT2D eigenvalue weighted by molar-refractivity contribution is 0.481. The average Bonchev–Trinajstić information content (AvgIpc) is 1.59. The number of unbranched alkanes of at least 4 members (excludes halogenated alkanes) is 1. The SMILES string of the molecule is [CH2]CCCS(=O)(=O)O. The summed E-state index contributed by atoms with van der Waals surface area (Å²) in [6.07, 6.45) is 0.971. The molecule has 0 aliphatic carbocycles. The summed E-state index contributed by atoms with van der Waals surface area (Å²) in [7, 11) is -3.73. The smallest absolute Gasteiger partial charge is 0.264 e. The van der Waals surface area contributed by atoms with Crippen LogP contribution in [-0.4, -0.2) is 18.7 Å². The molecule has 0 aromatic rings. The molecule has 0 spiro atoms. The van der Waals surface area contributed by atoms with Crippen LogP contribution in [0, 0.1) is 6.92 Å². The van der Waals surface area contributed by atoms with Crippen molar-refractivity contribution < 1.29 is 13.0 Å². The first kappa shape index (κ1) is 7.91. The van der Waals surface area contributed by atoms with Crippen molar-refractivity contribution in [1.82, 2.24) is 0 Å². The largest absolute Gasteiger partial charge is 0.286 e. The molecule has 0 fully saturated rings. The van der Waals surface area contributed by atoms with E-state index in [9.17, 15) is 8.42 Å². The third kappa shape index (κ3) is 5.91. The molecule has 4 heteroatoms. The summed E-state index contributed by atoms with van der Waals surface area (Å²) in [6.45, 7) is 3.41.